The summed E-state index contributed by atoms with van der Waals surface area (Å²) in [7, 11) is 1.90. The highest BCUT2D eigenvalue weighted by Crippen LogP contribution is 2.39. The summed E-state index contributed by atoms with van der Waals surface area (Å²) in [5, 5.41) is 1.26. The number of carbonyl (C=O) groups is 1. The molecular weight excluding hydrogens is 250 g/mol. The maximum atomic E-state index is 12.6. The molecule has 20 heavy (non-hydrogen) atoms. The van der Waals surface area contributed by atoms with Crippen molar-refractivity contribution in [1.29, 1.82) is 0 Å². The minimum atomic E-state index is 0.108. The summed E-state index contributed by atoms with van der Waals surface area (Å²) in [4.78, 5) is 16.9. The number of fused-ring (bicyclic) bond motifs is 3. The maximum Gasteiger partial charge on any atom is 0.328 e. The lowest BCUT2D eigenvalue weighted by molar-refractivity contribution is 0.129. The lowest BCUT2D eigenvalue weighted by Gasteiger charge is -2.41. The first-order chi connectivity index (χ1) is 9.72. The number of nitrogens with zero attached hydrogens (tertiary/aromatic N) is 3. The zero-order valence-electron chi connectivity index (χ0n) is 12.0. The van der Waals surface area contributed by atoms with Crippen LogP contribution in [-0.2, 0) is 6.42 Å². The average molecular weight is 269 g/mol. The fourth-order valence-corrected chi connectivity index (χ4v) is 3.82. The molecule has 0 saturated heterocycles. The Hall–Kier alpha value is -1.81. The molecular formula is C16H19N3O. The molecule has 1 atom stereocenters. The van der Waals surface area contributed by atoms with Crippen LogP contribution in [0.5, 0.6) is 0 Å². The SMILES string of the molecule is CCN1CCc2c3n(c4ccccc24)C(=O)N(C)CC31. The Bertz CT molecular complexity index is 703. The Morgan fingerprint density at radius 3 is 2.90 bits per heavy atom. The van der Waals surface area contributed by atoms with Crippen molar-refractivity contribution >= 4 is 16.9 Å². The van der Waals surface area contributed by atoms with Crippen molar-refractivity contribution in [3.63, 3.8) is 0 Å². The van der Waals surface area contributed by atoms with E-state index >= 15 is 0 Å². The van der Waals surface area contributed by atoms with Gasteiger partial charge in [0.1, 0.15) is 0 Å². The molecule has 2 aliphatic rings. The van der Waals surface area contributed by atoms with Crippen molar-refractivity contribution in [2.24, 2.45) is 0 Å². The highest BCUT2D eigenvalue weighted by molar-refractivity contribution is 5.96. The Balaban J connectivity index is 2.06. The second-order valence-electron chi connectivity index (χ2n) is 5.77. The van der Waals surface area contributed by atoms with Gasteiger partial charge in [-0.3, -0.25) is 9.47 Å². The summed E-state index contributed by atoms with van der Waals surface area (Å²) in [6.45, 7) is 5.13. The van der Waals surface area contributed by atoms with E-state index < -0.39 is 0 Å². The van der Waals surface area contributed by atoms with E-state index in [2.05, 4.69) is 30.0 Å². The number of hydrogen-bond donors (Lipinski definition) is 0. The van der Waals surface area contributed by atoms with E-state index in [1.54, 1.807) is 0 Å². The molecule has 4 nitrogen and oxygen atoms in total. The topological polar surface area (TPSA) is 28.5 Å². The summed E-state index contributed by atoms with van der Waals surface area (Å²) in [5.74, 6) is 0. The minimum absolute atomic E-state index is 0.108. The normalized spacial score (nSPS) is 22.4. The second-order valence-corrected chi connectivity index (χ2v) is 5.77. The summed E-state index contributed by atoms with van der Waals surface area (Å²) in [6.07, 6.45) is 1.05. The third-order valence-electron chi connectivity index (χ3n) is 4.80. The molecule has 104 valence electrons. The largest absolute Gasteiger partial charge is 0.328 e. The summed E-state index contributed by atoms with van der Waals surface area (Å²) in [5.41, 5.74) is 3.69. The molecule has 1 aromatic heterocycles. The monoisotopic (exact) mass is 269 g/mol. The molecule has 0 fully saturated rings. The van der Waals surface area contributed by atoms with Crippen LogP contribution in [0.4, 0.5) is 4.79 Å². The van der Waals surface area contributed by atoms with E-state index in [4.69, 9.17) is 0 Å². The Morgan fingerprint density at radius 2 is 2.10 bits per heavy atom. The number of rotatable bonds is 1. The van der Waals surface area contributed by atoms with Crippen LogP contribution in [0.25, 0.3) is 10.9 Å². The number of amides is 1. The first kappa shape index (κ1) is 12.0. The summed E-state index contributed by atoms with van der Waals surface area (Å²) >= 11 is 0. The first-order valence-corrected chi connectivity index (χ1v) is 7.34. The van der Waals surface area contributed by atoms with E-state index in [1.165, 1.54) is 16.6 Å². The van der Waals surface area contributed by atoms with Gasteiger partial charge in [0.2, 0.25) is 0 Å². The van der Waals surface area contributed by atoms with E-state index in [-0.39, 0.29) is 6.03 Å². The van der Waals surface area contributed by atoms with Crippen LogP contribution >= 0.6 is 0 Å². The lowest BCUT2D eigenvalue weighted by atomic mass is 9.96. The third-order valence-corrected chi connectivity index (χ3v) is 4.80. The van der Waals surface area contributed by atoms with Gasteiger partial charge in [0.05, 0.1) is 17.3 Å². The van der Waals surface area contributed by atoms with Gasteiger partial charge in [0.15, 0.2) is 0 Å². The number of hydrogen-bond acceptors (Lipinski definition) is 2. The molecule has 0 saturated carbocycles. The van der Waals surface area contributed by atoms with Gasteiger partial charge in [-0.2, -0.15) is 0 Å². The second kappa shape index (κ2) is 4.09. The summed E-state index contributed by atoms with van der Waals surface area (Å²) in [6, 6.07) is 8.77. The molecule has 2 aromatic rings. The van der Waals surface area contributed by atoms with Crippen molar-refractivity contribution in [1.82, 2.24) is 14.4 Å². The number of carbonyl (C=O) groups excluding carboxylic acids is 1. The molecule has 0 radical (unpaired) electrons. The zero-order chi connectivity index (χ0) is 13.9. The molecule has 4 heteroatoms. The Labute approximate surface area is 118 Å². The fraction of sp³-hybridized carbons (Fsp3) is 0.438. The van der Waals surface area contributed by atoms with Crippen LogP contribution in [0.3, 0.4) is 0 Å². The van der Waals surface area contributed by atoms with Crippen molar-refractivity contribution in [2.75, 3.05) is 26.7 Å². The standard InChI is InChI=1S/C16H19N3O/c1-3-18-9-8-12-11-6-4-5-7-13(11)19-15(12)14(18)10-17(2)16(19)20/h4-7,14H,3,8-10H2,1-2H3. The van der Waals surface area contributed by atoms with Crippen LogP contribution in [-0.4, -0.2) is 47.1 Å². The highest BCUT2D eigenvalue weighted by atomic mass is 16.2. The predicted molar refractivity (Wildman–Crippen MR) is 79.1 cm³/mol. The zero-order valence-corrected chi connectivity index (χ0v) is 12.0. The smallest absolute Gasteiger partial charge is 0.325 e. The van der Waals surface area contributed by atoms with Crippen LogP contribution in [0.2, 0.25) is 0 Å². The Morgan fingerprint density at radius 1 is 1.30 bits per heavy atom. The van der Waals surface area contributed by atoms with Gasteiger partial charge < -0.3 is 4.90 Å². The highest BCUT2D eigenvalue weighted by Gasteiger charge is 2.39. The maximum absolute atomic E-state index is 12.6. The van der Waals surface area contributed by atoms with E-state index in [1.807, 2.05) is 22.6 Å². The van der Waals surface area contributed by atoms with E-state index in [0.29, 0.717) is 6.04 Å². The van der Waals surface area contributed by atoms with Gasteiger partial charge in [-0.05, 0) is 24.6 Å². The van der Waals surface area contributed by atoms with Crippen molar-refractivity contribution < 1.29 is 4.79 Å². The summed E-state index contributed by atoms with van der Waals surface area (Å²) < 4.78 is 1.95. The van der Waals surface area contributed by atoms with Crippen LogP contribution in [0.15, 0.2) is 24.3 Å². The minimum Gasteiger partial charge on any atom is -0.325 e. The number of aromatic nitrogens is 1. The molecule has 1 amide bonds. The number of benzene rings is 1. The third kappa shape index (κ3) is 1.37. The number of para-hydroxylation sites is 1. The van der Waals surface area contributed by atoms with Gasteiger partial charge in [-0.1, -0.05) is 25.1 Å². The first-order valence-electron chi connectivity index (χ1n) is 7.34. The molecule has 0 N–H and O–H groups in total. The van der Waals surface area contributed by atoms with E-state index in [0.717, 1.165) is 31.6 Å². The van der Waals surface area contributed by atoms with Crippen molar-refractivity contribution in [3.05, 3.63) is 35.5 Å². The molecule has 1 aromatic carbocycles. The molecule has 0 spiro atoms. The molecule has 1 unspecified atom stereocenters. The molecule has 0 bridgehead atoms. The van der Waals surface area contributed by atoms with Crippen LogP contribution in [0, 0.1) is 0 Å². The van der Waals surface area contributed by atoms with Crippen LogP contribution in [0.1, 0.15) is 24.2 Å². The molecule has 0 aliphatic carbocycles. The average Bonchev–Trinajstić information content (AvgIpc) is 2.81. The quantitative estimate of drug-likeness (QED) is 0.795. The number of likely N-dealkylation sites (N-methyl/N-ethyl adjacent to an activating group) is 2. The molecule has 2 aliphatic heterocycles. The van der Waals surface area contributed by atoms with Crippen molar-refractivity contribution in [3.8, 4) is 0 Å². The van der Waals surface area contributed by atoms with Gasteiger partial charge in [0.25, 0.3) is 0 Å². The van der Waals surface area contributed by atoms with Crippen molar-refractivity contribution in [2.45, 2.75) is 19.4 Å². The Kier molecular flexibility index (Phi) is 2.45. The molecule has 4 rings (SSSR count). The van der Waals surface area contributed by atoms with Gasteiger partial charge in [-0.15, -0.1) is 0 Å². The lowest BCUT2D eigenvalue weighted by Crippen LogP contribution is -2.49. The van der Waals surface area contributed by atoms with Crippen LogP contribution < -0.4 is 0 Å². The fourth-order valence-electron chi connectivity index (χ4n) is 3.82. The van der Waals surface area contributed by atoms with E-state index in [9.17, 15) is 4.79 Å². The van der Waals surface area contributed by atoms with Gasteiger partial charge >= 0.3 is 6.03 Å². The van der Waals surface area contributed by atoms with Gasteiger partial charge in [-0.25, -0.2) is 4.79 Å². The molecule has 3 heterocycles. The predicted octanol–water partition coefficient (Wildman–Crippen LogP) is 2.47. The van der Waals surface area contributed by atoms with Gasteiger partial charge in [0, 0.05) is 25.5 Å².